The van der Waals surface area contributed by atoms with Crippen LogP contribution < -0.4 is 5.32 Å². The van der Waals surface area contributed by atoms with E-state index in [0.717, 1.165) is 12.8 Å². The van der Waals surface area contributed by atoms with Gasteiger partial charge in [-0.3, -0.25) is 0 Å². The molecule has 1 aliphatic carbocycles. The second-order valence-electron chi connectivity index (χ2n) is 5.45. The Labute approximate surface area is 96.3 Å². The van der Waals surface area contributed by atoms with Crippen molar-refractivity contribution >= 4 is 5.82 Å². The topological polar surface area (TPSA) is 24.9 Å². The minimum Gasteiger partial charge on any atom is -0.367 e. The zero-order chi connectivity index (χ0) is 11.6. The van der Waals surface area contributed by atoms with Crippen molar-refractivity contribution in [2.24, 2.45) is 5.41 Å². The summed E-state index contributed by atoms with van der Waals surface area (Å²) in [6, 6.07) is 5.32. The van der Waals surface area contributed by atoms with E-state index in [9.17, 15) is 4.39 Å². The van der Waals surface area contributed by atoms with Gasteiger partial charge in [-0.15, -0.1) is 0 Å². The summed E-state index contributed by atoms with van der Waals surface area (Å²) in [5, 5.41) is 3.33. The summed E-state index contributed by atoms with van der Waals surface area (Å²) < 4.78 is 12.9. The third kappa shape index (κ3) is 2.94. The van der Waals surface area contributed by atoms with Crippen LogP contribution in [0.4, 0.5) is 10.2 Å². The second-order valence-corrected chi connectivity index (χ2v) is 5.45. The molecule has 1 fully saturated rings. The maximum Gasteiger partial charge on any atom is 0.214 e. The summed E-state index contributed by atoms with van der Waals surface area (Å²) in [7, 11) is 0. The third-order valence-corrected chi connectivity index (χ3v) is 3.27. The first-order valence-electron chi connectivity index (χ1n) is 5.94. The Morgan fingerprint density at radius 1 is 1.44 bits per heavy atom. The van der Waals surface area contributed by atoms with Crippen molar-refractivity contribution in [2.45, 2.75) is 45.6 Å². The van der Waals surface area contributed by atoms with Gasteiger partial charge in [0.15, 0.2) is 0 Å². The minimum atomic E-state index is -0.417. The van der Waals surface area contributed by atoms with Gasteiger partial charge in [-0.05, 0) is 36.8 Å². The molecule has 0 spiro atoms. The van der Waals surface area contributed by atoms with Gasteiger partial charge in [0.05, 0.1) is 0 Å². The molecule has 2 rings (SSSR count). The smallest absolute Gasteiger partial charge is 0.214 e. The van der Waals surface area contributed by atoms with Crippen LogP contribution in [0.1, 0.15) is 39.5 Å². The fourth-order valence-electron chi connectivity index (χ4n) is 2.52. The summed E-state index contributed by atoms with van der Waals surface area (Å²) in [5.41, 5.74) is 0.392. The molecule has 1 unspecified atom stereocenters. The number of nitrogens with one attached hydrogen (secondary N) is 1. The lowest BCUT2D eigenvalue weighted by atomic mass is 9.75. The lowest BCUT2D eigenvalue weighted by Gasteiger charge is -2.35. The van der Waals surface area contributed by atoms with E-state index in [1.54, 1.807) is 6.07 Å². The maximum atomic E-state index is 12.9. The molecule has 1 atom stereocenters. The molecule has 1 N–H and O–H groups in total. The average molecular weight is 222 g/mol. The fourth-order valence-corrected chi connectivity index (χ4v) is 2.52. The molecule has 88 valence electrons. The molecule has 3 heteroatoms. The van der Waals surface area contributed by atoms with E-state index in [1.807, 2.05) is 6.07 Å². The van der Waals surface area contributed by atoms with E-state index in [1.165, 1.54) is 18.9 Å². The number of hydrogen-bond donors (Lipinski definition) is 1. The van der Waals surface area contributed by atoms with Gasteiger partial charge in [0.2, 0.25) is 5.95 Å². The van der Waals surface area contributed by atoms with Crippen LogP contribution in [-0.2, 0) is 0 Å². The van der Waals surface area contributed by atoms with Crippen molar-refractivity contribution in [3.63, 3.8) is 0 Å². The normalized spacial score (nSPS) is 24.1. The molecule has 1 saturated carbocycles. The Balaban J connectivity index is 1.99. The summed E-state index contributed by atoms with van der Waals surface area (Å²) in [4.78, 5) is 3.84. The first-order valence-corrected chi connectivity index (χ1v) is 5.94. The molecule has 1 aromatic heterocycles. The Morgan fingerprint density at radius 3 is 2.94 bits per heavy atom. The predicted octanol–water partition coefficient (Wildman–Crippen LogP) is 3.60. The number of halogens is 1. The van der Waals surface area contributed by atoms with Gasteiger partial charge in [0.1, 0.15) is 5.82 Å². The monoisotopic (exact) mass is 222 g/mol. The van der Waals surface area contributed by atoms with Crippen molar-refractivity contribution < 1.29 is 4.39 Å². The van der Waals surface area contributed by atoms with E-state index >= 15 is 0 Å². The van der Waals surface area contributed by atoms with Crippen LogP contribution in [0.5, 0.6) is 0 Å². The molecule has 16 heavy (non-hydrogen) atoms. The predicted molar refractivity (Wildman–Crippen MR) is 63.9 cm³/mol. The van der Waals surface area contributed by atoms with Gasteiger partial charge in [0, 0.05) is 6.04 Å². The highest BCUT2D eigenvalue weighted by atomic mass is 19.1. The summed E-state index contributed by atoms with van der Waals surface area (Å²) in [6.45, 7) is 4.58. The lowest BCUT2D eigenvalue weighted by molar-refractivity contribution is 0.229. The van der Waals surface area contributed by atoms with Crippen molar-refractivity contribution in [3.8, 4) is 0 Å². The van der Waals surface area contributed by atoms with Crippen LogP contribution >= 0.6 is 0 Å². The highest BCUT2D eigenvalue weighted by Gasteiger charge is 2.27. The van der Waals surface area contributed by atoms with Gasteiger partial charge in [-0.25, -0.2) is 4.98 Å². The minimum absolute atomic E-state index is 0.392. The van der Waals surface area contributed by atoms with Crippen molar-refractivity contribution in [2.75, 3.05) is 5.32 Å². The summed E-state index contributed by atoms with van der Waals surface area (Å²) in [5.74, 6) is 0.239. The molecular formula is C13H19FN2. The third-order valence-electron chi connectivity index (χ3n) is 3.27. The number of rotatable bonds is 2. The van der Waals surface area contributed by atoms with E-state index in [4.69, 9.17) is 0 Å². The van der Waals surface area contributed by atoms with E-state index < -0.39 is 5.95 Å². The lowest BCUT2D eigenvalue weighted by Crippen LogP contribution is -2.32. The van der Waals surface area contributed by atoms with Crippen LogP contribution in [0.25, 0.3) is 0 Å². The molecule has 2 nitrogen and oxygen atoms in total. The molecular weight excluding hydrogens is 203 g/mol. The zero-order valence-corrected chi connectivity index (χ0v) is 9.96. The van der Waals surface area contributed by atoms with Crippen molar-refractivity contribution in [3.05, 3.63) is 24.1 Å². The Kier molecular flexibility index (Phi) is 3.13. The first kappa shape index (κ1) is 11.4. The molecule has 0 amide bonds. The second kappa shape index (κ2) is 4.40. The highest BCUT2D eigenvalue weighted by Crippen LogP contribution is 2.36. The van der Waals surface area contributed by atoms with Crippen molar-refractivity contribution in [1.29, 1.82) is 0 Å². The van der Waals surface area contributed by atoms with E-state index in [-0.39, 0.29) is 0 Å². The van der Waals surface area contributed by atoms with Gasteiger partial charge < -0.3 is 5.32 Å². The molecule has 0 aromatic carbocycles. The average Bonchev–Trinajstić information content (AvgIpc) is 2.15. The molecule has 1 aliphatic rings. The SMILES string of the molecule is CC1(C)CCCC(Nc2cccc(F)n2)C1. The Hall–Kier alpha value is -1.12. The van der Waals surface area contributed by atoms with Crippen LogP contribution in [0, 0.1) is 11.4 Å². The maximum absolute atomic E-state index is 12.9. The molecule has 0 aliphatic heterocycles. The van der Waals surface area contributed by atoms with Crippen LogP contribution in [0.15, 0.2) is 18.2 Å². The summed E-state index contributed by atoms with van der Waals surface area (Å²) >= 11 is 0. The Bertz CT molecular complexity index is 363. The number of pyridine rings is 1. The largest absolute Gasteiger partial charge is 0.367 e. The molecule has 1 heterocycles. The standard InChI is InChI=1S/C13H19FN2/c1-13(2)8-4-5-10(9-13)15-12-7-3-6-11(14)16-12/h3,6-7,10H,4-5,8-9H2,1-2H3,(H,15,16). The molecule has 0 radical (unpaired) electrons. The van der Waals surface area contributed by atoms with E-state index in [0.29, 0.717) is 17.3 Å². The molecule has 0 bridgehead atoms. The van der Waals surface area contributed by atoms with Gasteiger partial charge in [0.25, 0.3) is 0 Å². The van der Waals surface area contributed by atoms with Crippen LogP contribution in [0.2, 0.25) is 0 Å². The van der Waals surface area contributed by atoms with Crippen LogP contribution in [0.3, 0.4) is 0 Å². The van der Waals surface area contributed by atoms with Gasteiger partial charge >= 0.3 is 0 Å². The molecule has 0 saturated heterocycles. The zero-order valence-electron chi connectivity index (χ0n) is 9.96. The summed E-state index contributed by atoms with van der Waals surface area (Å²) in [6.07, 6.45) is 4.80. The Morgan fingerprint density at radius 2 is 2.25 bits per heavy atom. The van der Waals surface area contributed by atoms with Crippen LogP contribution in [-0.4, -0.2) is 11.0 Å². The molecule has 1 aromatic rings. The quantitative estimate of drug-likeness (QED) is 0.773. The first-order chi connectivity index (χ1) is 7.55. The number of anilines is 1. The number of nitrogens with zero attached hydrogens (tertiary/aromatic N) is 1. The van der Waals surface area contributed by atoms with Gasteiger partial charge in [-0.2, -0.15) is 4.39 Å². The van der Waals surface area contributed by atoms with Gasteiger partial charge in [-0.1, -0.05) is 26.3 Å². The van der Waals surface area contributed by atoms with Crippen molar-refractivity contribution in [1.82, 2.24) is 4.98 Å². The fraction of sp³-hybridized carbons (Fsp3) is 0.615. The number of hydrogen-bond acceptors (Lipinski definition) is 2. The highest BCUT2D eigenvalue weighted by molar-refractivity contribution is 5.35. The number of aromatic nitrogens is 1. The van der Waals surface area contributed by atoms with E-state index in [2.05, 4.69) is 24.1 Å².